The molecule has 0 bridgehead atoms. The molecule has 26 heavy (non-hydrogen) atoms. The fourth-order valence-electron chi connectivity index (χ4n) is 3.88. The Kier molecular flexibility index (Phi) is 4.23. The molecular weight excluding hydrogens is 355 g/mol. The number of halogens is 2. The highest BCUT2D eigenvalue weighted by Gasteiger charge is 2.42. The van der Waals surface area contributed by atoms with E-state index in [0.29, 0.717) is 47.7 Å². The van der Waals surface area contributed by atoms with E-state index >= 15 is 0 Å². The van der Waals surface area contributed by atoms with Gasteiger partial charge < -0.3 is 5.73 Å². The minimum Gasteiger partial charge on any atom is -0.369 e. The van der Waals surface area contributed by atoms with Crippen LogP contribution in [-0.2, 0) is 16.8 Å². The highest BCUT2D eigenvalue weighted by atomic mass is 35.5. The number of carbonyl (C=O) groups excluding carboxylic acids is 1. The van der Waals surface area contributed by atoms with Crippen LogP contribution in [0.5, 0.6) is 0 Å². The summed E-state index contributed by atoms with van der Waals surface area (Å²) in [5.74, 6) is -0.876. The lowest BCUT2D eigenvalue weighted by molar-refractivity contribution is -0.124. The zero-order valence-corrected chi connectivity index (χ0v) is 14.9. The van der Waals surface area contributed by atoms with E-state index in [0.717, 1.165) is 19.3 Å². The second-order valence-electron chi connectivity index (χ2n) is 6.82. The maximum Gasteiger partial charge on any atom is 0.229 e. The van der Waals surface area contributed by atoms with Crippen molar-refractivity contribution < 1.29 is 9.18 Å². The Morgan fingerprint density at radius 3 is 2.73 bits per heavy atom. The summed E-state index contributed by atoms with van der Waals surface area (Å²) in [5, 5.41) is 0.0399. The topological polar surface area (TPSA) is 81.2 Å². The normalized spacial score (nSPS) is 18.3. The molecule has 0 radical (unpaired) electrons. The number of hydrogen-bond donors (Lipinski definition) is 1. The minimum absolute atomic E-state index is 0.0399. The highest BCUT2D eigenvalue weighted by Crippen LogP contribution is 2.39. The Labute approximate surface area is 155 Å². The van der Waals surface area contributed by atoms with Gasteiger partial charge in [-0.3, -0.25) is 19.8 Å². The molecule has 0 spiro atoms. The van der Waals surface area contributed by atoms with Crippen molar-refractivity contribution in [3.63, 3.8) is 0 Å². The molecule has 1 aliphatic heterocycles. The van der Waals surface area contributed by atoms with E-state index in [1.165, 1.54) is 6.07 Å². The standard InChI is InChI=1S/C19H18ClFN4O/c20-12-6-4-5-11(15(12)21)16-17-13(9-23-16)25-14(10-24-17)19(18(22)26)7-2-1-3-8-19/h4-6,10H,1-3,7-9H2,(H2,22,26). The Morgan fingerprint density at radius 2 is 2.00 bits per heavy atom. The van der Waals surface area contributed by atoms with E-state index in [1.807, 2.05) is 0 Å². The van der Waals surface area contributed by atoms with Gasteiger partial charge in [0.25, 0.3) is 0 Å². The molecule has 0 atom stereocenters. The molecule has 1 fully saturated rings. The third-order valence-electron chi connectivity index (χ3n) is 5.33. The average Bonchev–Trinajstić information content (AvgIpc) is 3.07. The summed E-state index contributed by atoms with van der Waals surface area (Å²) in [7, 11) is 0. The first-order valence-electron chi connectivity index (χ1n) is 8.68. The van der Waals surface area contributed by atoms with Crippen molar-refractivity contribution in [1.29, 1.82) is 0 Å². The molecule has 1 saturated carbocycles. The number of fused-ring (bicyclic) bond motifs is 1. The fraction of sp³-hybridized carbons (Fsp3) is 0.368. The molecule has 4 rings (SSSR count). The van der Waals surface area contributed by atoms with Crippen LogP contribution in [0.4, 0.5) is 4.39 Å². The van der Waals surface area contributed by atoms with Crippen molar-refractivity contribution in [3.8, 4) is 0 Å². The number of rotatable bonds is 3. The van der Waals surface area contributed by atoms with Gasteiger partial charge in [0.15, 0.2) is 5.82 Å². The van der Waals surface area contributed by atoms with Gasteiger partial charge in [-0.2, -0.15) is 0 Å². The summed E-state index contributed by atoms with van der Waals surface area (Å²) in [6, 6.07) is 4.79. The number of nitrogens with zero attached hydrogens (tertiary/aromatic N) is 3. The second-order valence-corrected chi connectivity index (χ2v) is 7.23. The van der Waals surface area contributed by atoms with Gasteiger partial charge in [-0.15, -0.1) is 0 Å². The highest BCUT2D eigenvalue weighted by molar-refractivity contribution is 6.31. The van der Waals surface area contributed by atoms with Crippen LogP contribution >= 0.6 is 11.6 Å². The zero-order valence-electron chi connectivity index (χ0n) is 14.1. The Balaban J connectivity index is 1.74. The van der Waals surface area contributed by atoms with Crippen molar-refractivity contribution in [1.82, 2.24) is 9.97 Å². The van der Waals surface area contributed by atoms with Crippen molar-refractivity contribution in [2.24, 2.45) is 10.7 Å². The van der Waals surface area contributed by atoms with E-state index in [1.54, 1.807) is 18.3 Å². The monoisotopic (exact) mass is 372 g/mol. The van der Waals surface area contributed by atoms with Crippen LogP contribution in [0.2, 0.25) is 5.02 Å². The van der Waals surface area contributed by atoms with Crippen LogP contribution in [0.25, 0.3) is 0 Å². The third kappa shape index (κ3) is 2.60. The van der Waals surface area contributed by atoms with Gasteiger partial charge in [0.1, 0.15) is 5.69 Å². The quantitative estimate of drug-likeness (QED) is 0.897. The van der Waals surface area contributed by atoms with Crippen LogP contribution in [0, 0.1) is 5.82 Å². The summed E-state index contributed by atoms with van der Waals surface area (Å²) in [5.41, 5.74) is 7.50. The van der Waals surface area contributed by atoms with Crippen molar-refractivity contribution in [3.05, 3.63) is 57.9 Å². The first-order chi connectivity index (χ1) is 12.5. The first-order valence-corrected chi connectivity index (χ1v) is 9.06. The summed E-state index contributed by atoms with van der Waals surface area (Å²) >= 11 is 5.88. The molecule has 2 heterocycles. The van der Waals surface area contributed by atoms with Crippen LogP contribution < -0.4 is 5.73 Å². The van der Waals surface area contributed by atoms with Gasteiger partial charge in [0, 0.05) is 5.56 Å². The molecule has 1 amide bonds. The maximum absolute atomic E-state index is 14.4. The smallest absolute Gasteiger partial charge is 0.229 e. The van der Waals surface area contributed by atoms with Gasteiger partial charge in [-0.1, -0.05) is 36.9 Å². The van der Waals surface area contributed by atoms with E-state index in [9.17, 15) is 9.18 Å². The third-order valence-corrected chi connectivity index (χ3v) is 5.62. The molecule has 1 aromatic heterocycles. The van der Waals surface area contributed by atoms with Crippen LogP contribution in [0.3, 0.4) is 0 Å². The predicted octanol–water partition coefficient (Wildman–Crippen LogP) is 3.31. The second kappa shape index (κ2) is 6.43. The van der Waals surface area contributed by atoms with Crippen LogP contribution in [0.15, 0.2) is 29.4 Å². The molecule has 5 nitrogen and oxygen atoms in total. The van der Waals surface area contributed by atoms with E-state index in [4.69, 9.17) is 17.3 Å². The van der Waals surface area contributed by atoms with Gasteiger partial charge in [-0.05, 0) is 25.0 Å². The molecule has 1 aliphatic carbocycles. The predicted molar refractivity (Wildman–Crippen MR) is 96.7 cm³/mol. The molecule has 2 N–H and O–H groups in total. The minimum atomic E-state index is -0.760. The number of benzene rings is 1. The van der Waals surface area contributed by atoms with Crippen molar-refractivity contribution in [2.45, 2.75) is 44.1 Å². The fourth-order valence-corrected chi connectivity index (χ4v) is 4.05. The molecule has 2 aromatic rings. The Hall–Kier alpha value is -2.34. The summed E-state index contributed by atoms with van der Waals surface area (Å²) < 4.78 is 14.4. The molecule has 7 heteroatoms. The average molecular weight is 373 g/mol. The zero-order chi connectivity index (χ0) is 18.3. The number of carbonyl (C=O) groups is 1. The maximum atomic E-state index is 14.4. The lowest BCUT2D eigenvalue weighted by Gasteiger charge is -2.33. The van der Waals surface area contributed by atoms with Gasteiger partial charge in [0.05, 0.1) is 40.3 Å². The molecule has 0 unspecified atom stereocenters. The molecular formula is C19H18ClFN4O. The van der Waals surface area contributed by atoms with Gasteiger partial charge in [-0.25, -0.2) is 4.39 Å². The van der Waals surface area contributed by atoms with Gasteiger partial charge >= 0.3 is 0 Å². The summed E-state index contributed by atoms with van der Waals surface area (Å²) in [4.78, 5) is 25.8. The molecule has 2 aliphatic rings. The number of primary amides is 1. The number of hydrogen-bond acceptors (Lipinski definition) is 4. The van der Waals surface area contributed by atoms with Gasteiger partial charge in [0.2, 0.25) is 5.91 Å². The lowest BCUT2D eigenvalue weighted by atomic mass is 9.71. The molecule has 0 saturated heterocycles. The summed E-state index contributed by atoms with van der Waals surface area (Å²) in [6.45, 7) is 0.298. The van der Waals surface area contributed by atoms with E-state index < -0.39 is 11.2 Å². The van der Waals surface area contributed by atoms with Crippen molar-refractivity contribution >= 4 is 23.2 Å². The van der Waals surface area contributed by atoms with E-state index in [2.05, 4.69) is 15.0 Å². The molecule has 1 aromatic carbocycles. The number of amides is 1. The molecule has 134 valence electrons. The largest absolute Gasteiger partial charge is 0.369 e. The van der Waals surface area contributed by atoms with Crippen molar-refractivity contribution in [2.75, 3.05) is 0 Å². The number of nitrogens with two attached hydrogens (primary N) is 1. The Morgan fingerprint density at radius 1 is 1.23 bits per heavy atom. The van der Waals surface area contributed by atoms with E-state index in [-0.39, 0.29) is 10.9 Å². The summed E-state index contributed by atoms with van der Waals surface area (Å²) in [6.07, 6.45) is 5.94. The number of aliphatic imine (C=N–C) groups is 1. The van der Waals surface area contributed by atoms with Crippen LogP contribution in [0.1, 0.15) is 54.7 Å². The number of aromatic nitrogens is 2. The first kappa shape index (κ1) is 17.1. The van der Waals surface area contributed by atoms with Crippen LogP contribution in [-0.4, -0.2) is 21.6 Å². The SMILES string of the molecule is NC(=O)C1(c2cnc3c(n2)CN=C3c2cccc(Cl)c2F)CCCCC1. The Bertz CT molecular complexity index is 922. The lowest BCUT2D eigenvalue weighted by Crippen LogP contribution is -2.43.